The highest BCUT2D eigenvalue weighted by atomic mass is 19.4. The van der Waals surface area contributed by atoms with Crippen LogP contribution in [-0.2, 0) is 28.4 Å². The number of nitrogens with zero attached hydrogens (tertiary/aromatic N) is 1. The molecule has 0 aliphatic carbocycles. The summed E-state index contributed by atoms with van der Waals surface area (Å²) in [6, 6.07) is 7.99. The van der Waals surface area contributed by atoms with Gasteiger partial charge in [-0.25, -0.2) is 0 Å². The summed E-state index contributed by atoms with van der Waals surface area (Å²) < 4.78 is 81.3. The molecule has 1 aliphatic rings. The van der Waals surface area contributed by atoms with Gasteiger partial charge in [0.05, 0.1) is 23.7 Å². The van der Waals surface area contributed by atoms with Crippen molar-refractivity contribution in [3.63, 3.8) is 0 Å². The van der Waals surface area contributed by atoms with E-state index >= 15 is 0 Å². The van der Waals surface area contributed by atoms with Gasteiger partial charge in [0.2, 0.25) is 11.8 Å². The number of amides is 3. The Kier molecular flexibility index (Phi) is 11.5. The molecule has 3 N–H and O–H groups in total. The second-order valence-corrected chi connectivity index (χ2v) is 11.7. The molecule has 1 heterocycles. The fraction of sp³-hybridized carbons (Fsp3) is 0.516. The SMILES string of the molecule is CC(C)NC(=O)CNC(C(=O)NC(C)C)[C@H]1CCN(C(=O)c2cc(C(F)(F)F)cc(C(F)(F)F)c2)[C@@H](Cc2ccccc2)C1. The topological polar surface area (TPSA) is 90.5 Å². The zero-order chi connectivity index (χ0) is 32.8. The molecule has 1 fully saturated rings. The first-order valence-electron chi connectivity index (χ1n) is 14.4. The molecule has 44 heavy (non-hydrogen) atoms. The number of hydrogen-bond donors (Lipinski definition) is 3. The Morgan fingerprint density at radius 2 is 1.43 bits per heavy atom. The molecule has 0 bridgehead atoms. The molecule has 1 aliphatic heterocycles. The molecule has 242 valence electrons. The van der Waals surface area contributed by atoms with E-state index in [0.29, 0.717) is 12.1 Å². The fourth-order valence-electron chi connectivity index (χ4n) is 5.40. The summed E-state index contributed by atoms with van der Waals surface area (Å²) in [6.45, 7) is 6.98. The second kappa shape index (κ2) is 14.4. The molecule has 7 nitrogen and oxygen atoms in total. The van der Waals surface area contributed by atoms with E-state index in [0.717, 1.165) is 5.56 Å². The van der Waals surface area contributed by atoms with E-state index < -0.39 is 53.0 Å². The van der Waals surface area contributed by atoms with Crippen molar-refractivity contribution < 1.29 is 40.7 Å². The highest BCUT2D eigenvalue weighted by Gasteiger charge is 2.41. The van der Waals surface area contributed by atoms with Crippen molar-refractivity contribution in [1.29, 1.82) is 0 Å². The number of hydrogen-bond acceptors (Lipinski definition) is 4. The summed E-state index contributed by atoms with van der Waals surface area (Å²) in [5.41, 5.74) is -3.07. The van der Waals surface area contributed by atoms with E-state index in [-0.39, 0.29) is 62.3 Å². The van der Waals surface area contributed by atoms with Crippen molar-refractivity contribution in [2.75, 3.05) is 13.1 Å². The summed E-state index contributed by atoms with van der Waals surface area (Å²) in [4.78, 5) is 40.6. The van der Waals surface area contributed by atoms with Crippen LogP contribution in [0.4, 0.5) is 26.3 Å². The molecule has 13 heteroatoms. The zero-order valence-corrected chi connectivity index (χ0v) is 25.0. The van der Waals surface area contributed by atoms with Gasteiger partial charge >= 0.3 is 12.4 Å². The highest BCUT2D eigenvalue weighted by molar-refractivity contribution is 5.95. The number of halogens is 6. The first-order valence-corrected chi connectivity index (χ1v) is 14.4. The largest absolute Gasteiger partial charge is 0.416 e. The van der Waals surface area contributed by atoms with Gasteiger partial charge in [0.1, 0.15) is 0 Å². The maximum atomic E-state index is 13.7. The van der Waals surface area contributed by atoms with Crippen molar-refractivity contribution >= 4 is 17.7 Å². The van der Waals surface area contributed by atoms with Crippen LogP contribution in [-0.4, -0.2) is 59.9 Å². The van der Waals surface area contributed by atoms with Crippen molar-refractivity contribution in [3.8, 4) is 0 Å². The van der Waals surface area contributed by atoms with Crippen molar-refractivity contribution in [2.45, 2.75) is 83.5 Å². The van der Waals surface area contributed by atoms with Crippen LogP contribution < -0.4 is 16.0 Å². The van der Waals surface area contributed by atoms with Crippen LogP contribution in [0.3, 0.4) is 0 Å². The van der Waals surface area contributed by atoms with Gasteiger partial charge in [-0.2, -0.15) is 26.3 Å². The zero-order valence-electron chi connectivity index (χ0n) is 25.0. The maximum Gasteiger partial charge on any atom is 0.416 e. The van der Waals surface area contributed by atoms with Crippen LogP contribution in [0.5, 0.6) is 0 Å². The maximum absolute atomic E-state index is 13.7. The predicted octanol–water partition coefficient (Wildman–Crippen LogP) is 5.20. The molecule has 0 aromatic heterocycles. The third kappa shape index (κ3) is 9.70. The average molecular weight is 629 g/mol. The average Bonchev–Trinajstić information content (AvgIpc) is 2.91. The molecular weight excluding hydrogens is 590 g/mol. The van der Waals surface area contributed by atoms with E-state index in [1.807, 2.05) is 0 Å². The number of carbonyl (C=O) groups is 3. The smallest absolute Gasteiger partial charge is 0.353 e. The highest BCUT2D eigenvalue weighted by Crippen LogP contribution is 2.37. The Balaban J connectivity index is 1.97. The summed E-state index contributed by atoms with van der Waals surface area (Å²) in [7, 11) is 0. The minimum atomic E-state index is -5.10. The number of rotatable bonds is 10. The number of piperidine rings is 1. The Hall–Kier alpha value is -3.61. The van der Waals surface area contributed by atoms with Crippen LogP contribution in [0, 0.1) is 5.92 Å². The molecule has 3 amide bonds. The minimum Gasteiger partial charge on any atom is -0.353 e. The summed E-state index contributed by atoms with van der Waals surface area (Å²) in [5.74, 6) is -2.03. The Labute approximate surface area is 252 Å². The molecule has 3 rings (SSSR count). The van der Waals surface area contributed by atoms with Crippen LogP contribution in [0.15, 0.2) is 48.5 Å². The first kappa shape index (κ1) is 34.9. The van der Waals surface area contributed by atoms with Gasteiger partial charge in [0, 0.05) is 30.2 Å². The lowest BCUT2D eigenvalue weighted by atomic mass is 9.82. The number of alkyl halides is 6. The monoisotopic (exact) mass is 628 g/mol. The first-order chi connectivity index (χ1) is 20.5. The quantitative estimate of drug-likeness (QED) is 0.316. The summed E-state index contributed by atoms with van der Waals surface area (Å²) in [5, 5.41) is 8.62. The Bertz CT molecular complexity index is 1270. The van der Waals surface area contributed by atoms with E-state index in [4.69, 9.17) is 0 Å². The van der Waals surface area contributed by atoms with Crippen molar-refractivity contribution in [3.05, 3.63) is 70.8 Å². The van der Waals surface area contributed by atoms with E-state index in [1.165, 1.54) is 4.90 Å². The number of carbonyl (C=O) groups excluding carboxylic acids is 3. The van der Waals surface area contributed by atoms with Gasteiger partial charge in [-0.15, -0.1) is 0 Å². The molecule has 3 atom stereocenters. The van der Waals surface area contributed by atoms with Crippen LogP contribution in [0.2, 0.25) is 0 Å². The molecular formula is C31H38F6N4O3. The lowest BCUT2D eigenvalue weighted by Crippen LogP contribution is -2.57. The van der Waals surface area contributed by atoms with Gasteiger partial charge in [-0.3, -0.25) is 19.7 Å². The minimum absolute atomic E-state index is 0.0104. The lowest BCUT2D eigenvalue weighted by molar-refractivity contribution is -0.143. The number of likely N-dealkylation sites (tertiary alicyclic amines) is 1. The Morgan fingerprint density at radius 1 is 0.864 bits per heavy atom. The summed E-state index contributed by atoms with van der Waals surface area (Å²) >= 11 is 0. The summed E-state index contributed by atoms with van der Waals surface area (Å²) in [6.07, 6.45) is -9.52. The van der Waals surface area contributed by atoms with E-state index in [9.17, 15) is 40.7 Å². The second-order valence-electron chi connectivity index (χ2n) is 11.7. The fourth-order valence-corrected chi connectivity index (χ4v) is 5.40. The van der Waals surface area contributed by atoms with Crippen molar-refractivity contribution in [1.82, 2.24) is 20.9 Å². The number of nitrogens with one attached hydrogen (secondary N) is 3. The van der Waals surface area contributed by atoms with Crippen LogP contribution in [0.25, 0.3) is 0 Å². The normalized spacial score (nSPS) is 18.3. The predicted molar refractivity (Wildman–Crippen MR) is 152 cm³/mol. The molecule has 1 saturated heterocycles. The van der Waals surface area contributed by atoms with E-state index in [1.54, 1.807) is 58.0 Å². The van der Waals surface area contributed by atoms with Crippen LogP contribution >= 0.6 is 0 Å². The van der Waals surface area contributed by atoms with Gasteiger partial charge < -0.3 is 15.5 Å². The lowest BCUT2D eigenvalue weighted by Gasteiger charge is -2.42. The third-order valence-electron chi connectivity index (χ3n) is 7.28. The molecule has 0 radical (unpaired) electrons. The van der Waals surface area contributed by atoms with Gasteiger partial charge in [-0.05, 0) is 76.6 Å². The molecule has 1 unspecified atom stereocenters. The van der Waals surface area contributed by atoms with Gasteiger partial charge in [-0.1, -0.05) is 30.3 Å². The third-order valence-corrected chi connectivity index (χ3v) is 7.28. The molecule has 0 saturated carbocycles. The molecule has 2 aromatic carbocycles. The van der Waals surface area contributed by atoms with Gasteiger partial charge in [0.25, 0.3) is 5.91 Å². The van der Waals surface area contributed by atoms with Gasteiger partial charge in [0.15, 0.2) is 0 Å². The molecule has 2 aromatic rings. The van der Waals surface area contributed by atoms with Crippen molar-refractivity contribution in [2.24, 2.45) is 5.92 Å². The van der Waals surface area contributed by atoms with Crippen LogP contribution in [0.1, 0.15) is 67.6 Å². The number of benzene rings is 2. The molecule has 0 spiro atoms. The van der Waals surface area contributed by atoms with E-state index in [2.05, 4.69) is 16.0 Å². The standard InChI is InChI=1S/C31H38F6N4O3/c1-18(2)39-26(42)17-38-27(28(43)40-19(3)4)21-10-11-41(25(15-21)12-20-8-6-5-7-9-20)29(44)22-13-23(30(32,33)34)16-24(14-22)31(35,36)37/h5-9,13-14,16,18-19,21,25,27,38H,10-12,15,17H2,1-4H3,(H,39,42)(H,40,43)/t21-,25-,27?/m0/s1. The Morgan fingerprint density at radius 3 is 1.95 bits per heavy atom.